The predicted molar refractivity (Wildman–Crippen MR) is 106 cm³/mol. The molecule has 0 aliphatic rings. The average Bonchev–Trinajstić information content (AvgIpc) is 2.89. The monoisotopic (exact) mass is 422 g/mol. The van der Waals surface area contributed by atoms with Crippen LogP contribution in [0.3, 0.4) is 0 Å². The summed E-state index contributed by atoms with van der Waals surface area (Å²) in [4.78, 5) is 12.6. The summed E-state index contributed by atoms with van der Waals surface area (Å²) in [5, 5.41) is 10.5. The van der Waals surface area contributed by atoms with Crippen molar-refractivity contribution in [1.29, 1.82) is 0 Å². The molecular formula is C19H19ClN2O5S. The van der Waals surface area contributed by atoms with Crippen molar-refractivity contribution in [3.63, 3.8) is 0 Å². The van der Waals surface area contributed by atoms with Crippen LogP contribution >= 0.6 is 11.6 Å². The van der Waals surface area contributed by atoms with Crippen LogP contribution in [0.25, 0.3) is 5.69 Å². The molecule has 1 N–H and O–H groups in total. The van der Waals surface area contributed by atoms with E-state index in [1.54, 1.807) is 24.3 Å². The molecule has 1 heterocycles. The summed E-state index contributed by atoms with van der Waals surface area (Å²) >= 11 is 5.79. The van der Waals surface area contributed by atoms with Crippen LogP contribution in [0.15, 0.2) is 64.4 Å². The molecule has 0 atom stereocenters. The highest BCUT2D eigenvalue weighted by atomic mass is 35.5. The lowest BCUT2D eigenvalue weighted by Crippen LogP contribution is -2.29. The maximum atomic E-state index is 12.8. The van der Waals surface area contributed by atoms with Gasteiger partial charge in [-0.05, 0) is 57.2 Å². The molecule has 0 saturated carbocycles. The van der Waals surface area contributed by atoms with Crippen molar-refractivity contribution in [3.8, 4) is 17.3 Å². The highest BCUT2D eigenvalue weighted by Gasteiger charge is 2.25. The summed E-state index contributed by atoms with van der Waals surface area (Å²) in [6.07, 6.45) is 1.05. The molecule has 3 aromatic rings. The molecule has 0 saturated heterocycles. The lowest BCUT2D eigenvalue weighted by molar-refractivity contribution is 0.131. The van der Waals surface area contributed by atoms with E-state index in [4.69, 9.17) is 16.3 Å². The van der Waals surface area contributed by atoms with Gasteiger partial charge in [-0.1, -0.05) is 17.7 Å². The van der Waals surface area contributed by atoms with Gasteiger partial charge >= 0.3 is 5.69 Å². The van der Waals surface area contributed by atoms with E-state index in [-0.39, 0.29) is 4.90 Å². The molecule has 148 valence electrons. The van der Waals surface area contributed by atoms with Crippen molar-refractivity contribution in [3.05, 3.63) is 70.2 Å². The lowest BCUT2D eigenvalue weighted by Gasteiger charge is -2.21. The van der Waals surface area contributed by atoms with Gasteiger partial charge in [0.2, 0.25) is 5.88 Å². The van der Waals surface area contributed by atoms with Crippen molar-refractivity contribution < 1.29 is 18.3 Å². The first-order chi connectivity index (χ1) is 13.0. The normalized spacial score (nSPS) is 12.1. The molecular weight excluding hydrogens is 404 g/mol. The van der Waals surface area contributed by atoms with Crippen molar-refractivity contribution in [1.82, 2.24) is 8.54 Å². The Labute approximate surface area is 167 Å². The summed E-state index contributed by atoms with van der Waals surface area (Å²) < 4.78 is 32.8. The molecule has 0 aliphatic carbocycles. The molecule has 3 rings (SSSR count). The standard InChI is InChI=1S/C19H19ClN2O5S/c1-19(2,3)27-15-6-4-5-14(11-15)21-12-17(23)22(18(21)24)28(25,26)16-9-7-13(20)8-10-16/h4-12,23H,1-3H3. The fourth-order valence-electron chi connectivity index (χ4n) is 2.59. The van der Waals surface area contributed by atoms with Gasteiger partial charge in [0.15, 0.2) is 0 Å². The number of ether oxygens (including phenoxy) is 1. The number of hydrogen-bond acceptors (Lipinski definition) is 5. The zero-order valence-corrected chi connectivity index (χ0v) is 17.0. The molecule has 0 radical (unpaired) electrons. The maximum Gasteiger partial charge on any atom is 0.350 e. The highest BCUT2D eigenvalue weighted by molar-refractivity contribution is 7.90. The Kier molecular flexibility index (Phi) is 5.03. The van der Waals surface area contributed by atoms with Crippen molar-refractivity contribution >= 4 is 21.6 Å². The van der Waals surface area contributed by atoms with E-state index < -0.39 is 27.2 Å². The Hall–Kier alpha value is -2.71. The summed E-state index contributed by atoms with van der Waals surface area (Å²) in [6, 6.07) is 11.9. The van der Waals surface area contributed by atoms with Gasteiger partial charge in [-0.25, -0.2) is 13.2 Å². The quantitative estimate of drug-likeness (QED) is 0.695. The highest BCUT2D eigenvalue weighted by Crippen LogP contribution is 2.24. The van der Waals surface area contributed by atoms with Gasteiger partial charge in [0, 0.05) is 11.1 Å². The fourth-order valence-corrected chi connectivity index (χ4v) is 4.00. The third kappa shape index (κ3) is 3.93. The summed E-state index contributed by atoms with van der Waals surface area (Å²) in [5.74, 6) is -0.202. The molecule has 0 aliphatic heterocycles. The molecule has 28 heavy (non-hydrogen) atoms. The van der Waals surface area contributed by atoms with E-state index >= 15 is 0 Å². The van der Waals surface area contributed by atoms with E-state index in [0.29, 0.717) is 20.4 Å². The maximum absolute atomic E-state index is 12.8. The van der Waals surface area contributed by atoms with Gasteiger partial charge in [-0.2, -0.15) is 0 Å². The largest absolute Gasteiger partial charge is 0.493 e. The van der Waals surface area contributed by atoms with Crippen molar-refractivity contribution in [2.24, 2.45) is 0 Å². The number of hydrogen-bond donors (Lipinski definition) is 1. The van der Waals surface area contributed by atoms with Crippen molar-refractivity contribution in [2.45, 2.75) is 31.3 Å². The first-order valence-corrected chi connectivity index (χ1v) is 10.1. The van der Waals surface area contributed by atoms with E-state index in [9.17, 15) is 18.3 Å². The van der Waals surface area contributed by atoms with Crippen molar-refractivity contribution in [2.75, 3.05) is 0 Å². The Morgan fingerprint density at radius 2 is 1.71 bits per heavy atom. The second-order valence-electron chi connectivity index (χ2n) is 7.08. The van der Waals surface area contributed by atoms with Crippen LogP contribution in [0.4, 0.5) is 0 Å². The first kappa shape index (κ1) is 20.0. The minimum Gasteiger partial charge on any atom is -0.493 e. The Bertz CT molecular complexity index is 1170. The van der Waals surface area contributed by atoms with Gasteiger partial charge in [-0.15, -0.1) is 3.97 Å². The van der Waals surface area contributed by atoms with Crippen LogP contribution in [-0.2, 0) is 10.0 Å². The van der Waals surface area contributed by atoms with Crippen LogP contribution in [0.2, 0.25) is 5.02 Å². The Morgan fingerprint density at radius 3 is 2.32 bits per heavy atom. The smallest absolute Gasteiger partial charge is 0.350 e. The zero-order valence-electron chi connectivity index (χ0n) is 15.5. The number of halogens is 1. The number of aromatic hydroxyl groups is 1. The fraction of sp³-hybridized carbons (Fsp3) is 0.211. The summed E-state index contributed by atoms with van der Waals surface area (Å²) in [5.41, 5.74) is -1.03. The first-order valence-electron chi connectivity index (χ1n) is 8.33. The van der Waals surface area contributed by atoms with E-state index in [1.165, 1.54) is 24.3 Å². The molecule has 0 spiro atoms. The van der Waals surface area contributed by atoms with Gasteiger partial charge < -0.3 is 9.84 Å². The molecule has 7 nitrogen and oxygen atoms in total. The summed E-state index contributed by atoms with van der Waals surface area (Å²) in [7, 11) is -4.30. The Balaban J connectivity index is 2.10. The third-order valence-corrected chi connectivity index (χ3v) is 5.65. The van der Waals surface area contributed by atoms with E-state index in [0.717, 1.165) is 10.8 Å². The molecule has 2 aromatic carbocycles. The lowest BCUT2D eigenvalue weighted by atomic mass is 10.2. The molecule has 0 fully saturated rings. The van der Waals surface area contributed by atoms with Gasteiger partial charge in [0.25, 0.3) is 10.0 Å². The number of benzene rings is 2. The topological polar surface area (TPSA) is 90.5 Å². The predicted octanol–water partition coefficient (Wildman–Crippen LogP) is 3.41. The number of aromatic nitrogens is 2. The zero-order chi connectivity index (χ0) is 20.7. The third-order valence-electron chi connectivity index (χ3n) is 3.70. The van der Waals surface area contributed by atoms with Crippen LogP contribution in [-0.4, -0.2) is 27.7 Å². The second kappa shape index (κ2) is 7.03. The minimum atomic E-state index is -4.30. The van der Waals surface area contributed by atoms with E-state index in [2.05, 4.69) is 0 Å². The minimum absolute atomic E-state index is 0.170. The Morgan fingerprint density at radius 1 is 1.07 bits per heavy atom. The number of imidazole rings is 1. The molecule has 1 aromatic heterocycles. The second-order valence-corrected chi connectivity index (χ2v) is 9.30. The van der Waals surface area contributed by atoms with Crippen LogP contribution in [0.1, 0.15) is 20.8 Å². The van der Waals surface area contributed by atoms with Crippen LogP contribution in [0, 0.1) is 0 Å². The van der Waals surface area contributed by atoms with Gasteiger partial charge in [-0.3, -0.25) is 4.57 Å². The molecule has 9 heteroatoms. The van der Waals surface area contributed by atoms with Gasteiger partial charge in [0.1, 0.15) is 11.4 Å². The molecule has 0 bridgehead atoms. The number of rotatable bonds is 4. The summed E-state index contributed by atoms with van der Waals surface area (Å²) in [6.45, 7) is 5.65. The van der Waals surface area contributed by atoms with Crippen LogP contribution < -0.4 is 10.4 Å². The van der Waals surface area contributed by atoms with Gasteiger partial charge in [0.05, 0.1) is 16.8 Å². The van der Waals surface area contributed by atoms with Crippen LogP contribution in [0.5, 0.6) is 11.6 Å². The SMILES string of the molecule is CC(C)(C)Oc1cccc(-n2cc(O)n(S(=O)(=O)c3ccc(Cl)cc3)c2=O)c1. The average molecular weight is 423 g/mol. The van der Waals surface area contributed by atoms with E-state index in [1.807, 2.05) is 20.8 Å². The molecule has 0 unspecified atom stereocenters. The molecule has 0 amide bonds. The number of nitrogens with zero attached hydrogens (tertiary/aromatic N) is 2.